The molecule has 2 heterocycles. The van der Waals surface area contributed by atoms with Crippen LogP contribution in [0.1, 0.15) is 6.92 Å². The van der Waals surface area contributed by atoms with Crippen molar-refractivity contribution in [3.63, 3.8) is 0 Å². The Balaban J connectivity index is 2.14. The summed E-state index contributed by atoms with van der Waals surface area (Å²) >= 11 is 1.10. The molecule has 15 heavy (non-hydrogen) atoms. The Kier molecular flexibility index (Phi) is 2.57. The van der Waals surface area contributed by atoms with E-state index >= 15 is 0 Å². The molecule has 1 aliphatic rings. The lowest BCUT2D eigenvalue weighted by atomic mass is 10.1. The molecule has 1 aliphatic heterocycles. The van der Waals surface area contributed by atoms with Gasteiger partial charge in [0.2, 0.25) is 0 Å². The highest BCUT2D eigenvalue weighted by Gasteiger charge is 2.29. The Morgan fingerprint density at radius 2 is 2.47 bits per heavy atom. The van der Waals surface area contributed by atoms with Crippen LogP contribution in [0.15, 0.2) is 6.20 Å². The molecule has 2 rings (SSSR count). The van der Waals surface area contributed by atoms with Crippen LogP contribution >= 0.6 is 11.3 Å². The summed E-state index contributed by atoms with van der Waals surface area (Å²) in [6, 6.07) is 0.132. The number of hydrogen-bond donors (Lipinski definition) is 1. The summed E-state index contributed by atoms with van der Waals surface area (Å²) in [6.45, 7) is 3.63. The van der Waals surface area contributed by atoms with Crippen molar-refractivity contribution in [2.24, 2.45) is 11.7 Å². The van der Waals surface area contributed by atoms with E-state index in [1.165, 1.54) is 6.20 Å². The standard InChI is InChI=1S/C8H12N4O2S/c1-5-3-11(4-6(5)9)8-10-2-7(15-8)12(13)14/h2,5-6H,3-4,9H2,1H3. The summed E-state index contributed by atoms with van der Waals surface area (Å²) in [5.41, 5.74) is 5.87. The zero-order valence-electron chi connectivity index (χ0n) is 8.29. The predicted octanol–water partition coefficient (Wildman–Crippen LogP) is 0.835. The van der Waals surface area contributed by atoms with E-state index in [9.17, 15) is 10.1 Å². The Morgan fingerprint density at radius 3 is 2.93 bits per heavy atom. The fourth-order valence-electron chi connectivity index (χ4n) is 1.64. The second-order valence-electron chi connectivity index (χ2n) is 3.78. The highest BCUT2D eigenvalue weighted by molar-refractivity contribution is 7.18. The smallest absolute Gasteiger partial charge is 0.345 e. The first-order valence-electron chi connectivity index (χ1n) is 4.68. The molecule has 0 amide bonds. The quantitative estimate of drug-likeness (QED) is 0.598. The summed E-state index contributed by atoms with van der Waals surface area (Å²) in [6.07, 6.45) is 1.30. The lowest BCUT2D eigenvalue weighted by molar-refractivity contribution is -0.380. The fourth-order valence-corrected chi connectivity index (χ4v) is 2.39. The van der Waals surface area contributed by atoms with Crippen molar-refractivity contribution >= 4 is 21.5 Å². The van der Waals surface area contributed by atoms with Gasteiger partial charge in [-0.1, -0.05) is 6.92 Å². The maximum atomic E-state index is 10.5. The van der Waals surface area contributed by atoms with Gasteiger partial charge >= 0.3 is 5.00 Å². The van der Waals surface area contributed by atoms with Gasteiger partial charge in [-0.15, -0.1) is 0 Å². The van der Waals surface area contributed by atoms with Crippen molar-refractivity contribution in [2.75, 3.05) is 18.0 Å². The molecule has 0 radical (unpaired) electrons. The molecule has 0 aliphatic carbocycles. The van der Waals surface area contributed by atoms with Crippen molar-refractivity contribution in [1.82, 2.24) is 4.98 Å². The molecular formula is C8H12N4O2S. The minimum absolute atomic E-state index is 0.0816. The number of rotatable bonds is 2. The molecule has 1 saturated heterocycles. The third kappa shape index (κ3) is 1.93. The topological polar surface area (TPSA) is 85.3 Å². The van der Waals surface area contributed by atoms with Crippen LogP contribution in [0, 0.1) is 16.0 Å². The first kappa shape index (κ1) is 10.3. The van der Waals surface area contributed by atoms with E-state index in [0.717, 1.165) is 24.4 Å². The van der Waals surface area contributed by atoms with E-state index in [1.54, 1.807) is 0 Å². The van der Waals surface area contributed by atoms with Crippen LogP contribution in [0.5, 0.6) is 0 Å². The van der Waals surface area contributed by atoms with Gasteiger partial charge in [-0.05, 0) is 17.3 Å². The monoisotopic (exact) mass is 228 g/mol. The van der Waals surface area contributed by atoms with Gasteiger partial charge in [0.05, 0.1) is 4.92 Å². The van der Waals surface area contributed by atoms with Gasteiger partial charge in [-0.25, -0.2) is 4.98 Å². The van der Waals surface area contributed by atoms with Crippen molar-refractivity contribution < 1.29 is 4.92 Å². The summed E-state index contributed by atoms with van der Waals surface area (Å²) < 4.78 is 0. The van der Waals surface area contributed by atoms with Crippen molar-refractivity contribution in [2.45, 2.75) is 13.0 Å². The van der Waals surface area contributed by atoms with E-state index in [0.29, 0.717) is 11.0 Å². The first-order valence-corrected chi connectivity index (χ1v) is 5.50. The van der Waals surface area contributed by atoms with Crippen LogP contribution in [-0.4, -0.2) is 29.0 Å². The van der Waals surface area contributed by atoms with E-state index in [2.05, 4.69) is 11.9 Å². The van der Waals surface area contributed by atoms with E-state index in [-0.39, 0.29) is 11.0 Å². The van der Waals surface area contributed by atoms with Crippen LogP contribution in [0.3, 0.4) is 0 Å². The Morgan fingerprint density at radius 1 is 1.73 bits per heavy atom. The second-order valence-corrected chi connectivity index (χ2v) is 4.77. The van der Waals surface area contributed by atoms with Crippen molar-refractivity contribution in [3.05, 3.63) is 16.3 Å². The molecule has 0 aromatic carbocycles. The summed E-state index contributed by atoms with van der Waals surface area (Å²) in [7, 11) is 0. The maximum Gasteiger partial charge on any atom is 0.345 e. The number of nitro groups is 1. The van der Waals surface area contributed by atoms with Gasteiger partial charge in [0.1, 0.15) is 6.20 Å². The third-order valence-corrected chi connectivity index (χ3v) is 3.61. The van der Waals surface area contributed by atoms with Crippen molar-refractivity contribution in [1.29, 1.82) is 0 Å². The minimum atomic E-state index is -0.416. The molecule has 6 nitrogen and oxygen atoms in total. The van der Waals surface area contributed by atoms with Crippen LogP contribution in [0.25, 0.3) is 0 Å². The number of anilines is 1. The van der Waals surface area contributed by atoms with E-state index in [4.69, 9.17) is 5.73 Å². The molecule has 1 fully saturated rings. The zero-order valence-corrected chi connectivity index (χ0v) is 9.11. The molecule has 0 saturated carbocycles. The summed E-state index contributed by atoms with van der Waals surface area (Å²) in [5.74, 6) is 0.410. The normalized spacial score (nSPS) is 25.9. The molecule has 2 atom stereocenters. The average molecular weight is 228 g/mol. The Bertz CT molecular complexity index is 370. The molecule has 0 spiro atoms. The SMILES string of the molecule is CC1CN(c2ncc([N+](=O)[O-])s2)CC1N. The highest BCUT2D eigenvalue weighted by atomic mass is 32.1. The zero-order chi connectivity index (χ0) is 11.0. The van der Waals surface area contributed by atoms with Crippen LogP contribution in [0.2, 0.25) is 0 Å². The van der Waals surface area contributed by atoms with Gasteiger partial charge in [0.15, 0.2) is 5.13 Å². The van der Waals surface area contributed by atoms with Crippen LogP contribution in [0.4, 0.5) is 10.1 Å². The molecule has 2 N–H and O–H groups in total. The number of hydrogen-bond acceptors (Lipinski definition) is 6. The van der Waals surface area contributed by atoms with Gasteiger partial charge in [-0.3, -0.25) is 10.1 Å². The average Bonchev–Trinajstić information content (AvgIpc) is 2.74. The van der Waals surface area contributed by atoms with Gasteiger partial charge in [0.25, 0.3) is 0 Å². The van der Waals surface area contributed by atoms with Crippen molar-refractivity contribution in [3.8, 4) is 0 Å². The number of nitrogens with two attached hydrogens (primary N) is 1. The van der Waals surface area contributed by atoms with Gasteiger partial charge in [-0.2, -0.15) is 0 Å². The van der Waals surface area contributed by atoms with Gasteiger partial charge < -0.3 is 10.6 Å². The van der Waals surface area contributed by atoms with Crippen LogP contribution in [-0.2, 0) is 0 Å². The molecule has 0 bridgehead atoms. The molecule has 7 heteroatoms. The number of nitrogens with zero attached hydrogens (tertiary/aromatic N) is 3. The number of aromatic nitrogens is 1. The van der Waals surface area contributed by atoms with Crippen LogP contribution < -0.4 is 10.6 Å². The molecule has 1 aromatic heterocycles. The summed E-state index contributed by atoms with van der Waals surface area (Å²) in [4.78, 5) is 16.1. The first-order chi connectivity index (χ1) is 7.08. The molecular weight excluding hydrogens is 216 g/mol. The highest BCUT2D eigenvalue weighted by Crippen LogP contribution is 2.31. The second kappa shape index (κ2) is 3.74. The number of thiazole rings is 1. The molecule has 82 valence electrons. The Hall–Kier alpha value is -1.21. The fraction of sp³-hybridized carbons (Fsp3) is 0.625. The predicted molar refractivity (Wildman–Crippen MR) is 58.1 cm³/mol. The largest absolute Gasteiger partial charge is 0.346 e. The Labute approximate surface area is 90.9 Å². The van der Waals surface area contributed by atoms with E-state index < -0.39 is 4.92 Å². The lowest BCUT2D eigenvalue weighted by Gasteiger charge is -2.12. The maximum absolute atomic E-state index is 10.5. The summed E-state index contributed by atoms with van der Waals surface area (Å²) in [5, 5.41) is 11.3. The lowest BCUT2D eigenvalue weighted by Crippen LogP contribution is -2.28. The molecule has 2 unspecified atom stereocenters. The van der Waals surface area contributed by atoms with E-state index in [1.807, 2.05) is 4.90 Å². The van der Waals surface area contributed by atoms with Gasteiger partial charge in [0, 0.05) is 19.1 Å². The molecule has 1 aromatic rings. The minimum Gasteiger partial charge on any atom is -0.346 e. The third-order valence-electron chi connectivity index (χ3n) is 2.60.